The molecule has 4 nitrogen and oxygen atoms in total. The van der Waals surface area contributed by atoms with Gasteiger partial charge >= 0.3 is 0 Å². The number of aromatic nitrogens is 2. The third-order valence-electron chi connectivity index (χ3n) is 1.64. The lowest BCUT2D eigenvalue weighted by atomic mass is 10.2. The fourth-order valence-electron chi connectivity index (χ4n) is 1.10. The van der Waals surface area contributed by atoms with Crippen LogP contribution < -0.4 is 11.5 Å². The van der Waals surface area contributed by atoms with Crippen molar-refractivity contribution in [2.24, 2.45) is 0 Å². The van der Waals surface area contributed by atoms with Crippen molar-refractivity contribution in [1.82, 2.24) is 9.97 Å². The van der Waals surface area contributed by atoms with Gasteiger partial charge < -0.3 is 11.5 Å². The van der Waals surface area contributed by atoms with Gasteiger partial charge in [-0.05, 0) is 12.1 Å². The molecule has 0 aromatic carbocycles. The van der Waals surface area contributed by atoms with E-state index in [2.05, 4.69) is 9.97 Å². The molecule has 60 valence electrons. The van der Waals surface area contributed by atoms with Crippen LogP contribution >= 0.6 is 0 Å². The highest BCUT2D eigenvalue weighted by Crippen LogP contribution is 2.18. The third kappa shape index (κ3) is 0.934. The topological polar surface area (TPSA) is 77.8 Å². The first-order valence-electron chi connectivity index (χ1n) is 3.54. The smallest absolute Gasteiger partial charge is 0.163 e. The lowest BCUT2D eigenvalue weighted by Gasteiger charge is -2.00. The van der Waals surface area contributed by atoms with Gasteiger partial charge in [-0.3, -0.25) is 0 Å². The molecule has 0 saturated heterocycles. The van der Waals surface area contributed by atoms with Crippen LogP contribution in [0.4, 0.5) is 11.5 Å². The molecule has 2 heterocycles. The van der Waals surface area contributed by atoms with Crippen LogP contribution in [0.15, 0.2) is 24.4 Å². The van der Waals surface area contributed by atoms with Gasteiger partial charge in [0.2, 0.25) is 0 Å². The minimum atomic E-state index is 0.402. The lowest BCUT2D eigenvalue weighted by Crippen LogP contribution is -1.96. The Hall–Kier alpha value is -1.84. The molecule has 4 heteroatoms. The second-order valence-electron chi connectivity index (χ2n) is 2.51. The summed E-state index contributed by atoms with van der Waals surface area (Å²) < 4.78 is 0. The zero-order chi connectivity index (χ0) is 8.55. The van der Waals surface area contributed by atoms with E-state index >= 15 is 0 Å². The largest absolute Gasteiger partial charge is 0.398 e. The van der Waals surface area contributed by atoms with Gasteiger partial charge in [-0.1, -0.05) is 0 Å². The number of anilines is 2. The van der Waals surface area contributed by atoms with E-state index in [1.807, 2.05) is 12.1 Å². The van der Waals surface area contributed by atoms with Crippen LogP contribution in [0.5, 0.6) is 0 Å². The van der Waals surface area contributed by atoms with Gasteiger partial charge in [-0.15, -0.1) is 0 Å². The maximum absolute atomic E-state index is 5.70. The third-order valence-corrected chi connectivity index (χ3v) is 1.64. The molecule has 2 aromatic rings. The van der Waals surface area contributed by atoms with E-state index < -0.39 is 0 Å². The Kier molecular flexibility index (Phi) is 1.33. The van der Waals surface area contributed by atoms with Gasteiger partial charge in [0.15, 0.2) is 5.65 Å². The molecule has 0 spiro atoms. The predicted molar refractivity (Wildman–Crippen MR) is 48.4 cm³/mol. The molecular weight excluding hydrogens is 152 g/mol. The van der Waals surface area contributed by atoms with Gasteiger partial charge in [-0.25, -0.2) is 9.97 Å². The molecule has 0 atom stereocenters. The number of nitrogens with zero attached hydrogens (tertiary/aromatic N) is 2. The van der Waals surface area contributed by atoms with Crippen molar-refractivity contribution in [2.75, 3.05) is 11.5 Å². The summed E-state index contributed by atoms with van der Waals surface area (Å²) in [5, 5.41) is 0.840. The fraction of sp³-hybridized carbons (Fsp3) is 0. The minimum absolute atomic E-state index is 0.402. The lowest BCUT2D eigenvalue weighted by molar-refractivity contribution is 1.29. The summed E-state index contributed by atoms with van der Waals surface area (Å²) in [6.45, 7) is 0. The zero-order valence-corrected chi connectivity index (χ0v) is 6.36. The van der Waals surface area contributed by atoms with Crippen molar-refractivity contribution >= 4 is 22.5 Å². The van der Waals surface area contributed by atoms with Crippen LogP contribution in [-0.2, 0) is 0 Å². The number of pyridine rings is 2. The molecular formula is C8H8N4. The molecule has 0 aliphatic carbocycles. The second kappa shape index (κ2) is 2.34. The van der Waals surface area contributed by atoms with Gasteiger partial charge in [0.1, 0.15) is 5.82 Å². The normalized spacial score (nSPS) is 10.3. The summed E-state index contributed by atoms with van der Waals surface area (Å²) in [7, 11) is 0. The number of nitrogen functional groups attached to an aromatic ring is 2. The van der Waals surface area contributed by atoms with Gasteiger partial charge in [0, 0.05) is 23.3 Å². The summed E-state index contributed by atoms with van der Waals surface area (Å²) >= 11 is 0. The van der Waals surface area contributed by atoms with Gasteiger partial charge in [0.25, 0.3) is 0 Å². The molecule has 0 saturated carbocycles. The Bertz CT molecular complexity index is 424. The Morgan fingerprint density at radius 1 is 1.25 bits per heavy atom. The Morgan fingerprint density at radius 2 is 2.08 bits per heavy atom. The Labute approximate surface area is 69.2 Å². The van der Waals surface area contributed by atoms with Crippen LogP contribution in [0.2, 0.25) is 0 Å². The highest BCUT2D eigenvalue weighted by Gasteiger charge is 1.99. The van der Waals surface area contributed by atoms with Crippen LogP contribution in [-0.4, -0.2) is 9.97 Å². The minimum Gasteiger partial charge on any atom is -0.398 e. The first-order valence-corrected chi connectivity index (χ1v) is 3.54. The monoisotopic (exact) mass is 160 g/mol. The molecule has 0 aliphatic rings. The van der Waals surface area contributed by atoms with E-state index in [9.17, 15) is 0 Å². The quantitative estimate of drug-likeness (QED) is 0.597. The van der Waals surface area contributed by atoms with E-state index in [0.29, 0.717) is 17.2 Å². The number of fused-ring (bicyclic) bond motifs is 1. The summed E-state index contributed by atoms with van der Waals surface area (Å²) in [5.41, 5.74) is 12.4. The van der Waals surface area contributed by atoms with Crippen LogP contribution in [0, 0.1) is 0 Å². The van der Waals surface area contributed by atoms with Crippen LogP contribution in [0.25, 0.3) is 11.0 Å². The first-order chi connectivity index (χ1) is 5.77. The molecule has 0 bridgehead atoms. The van der Waals surface area contributed by atoms with Crippen molar-refractivity contribution in [3.63, 3.8) is 0 Å². The summed E-state index contributed by atoms with van der Waals surface area (Å²) in [4.78, 5) is 8.05. The number of nitrogens with two attached hydrogens (primary N) is 2. The fourth-order valence-corrected chi connectivity index (χ4v) is 1.10. The van der Waals surface area contributed by atoms with Crippen LogP contribution in [0.1, 0.15) is 0 Å². The van der Waals surface area contributed by atoms with E-state index in [1.54, 1.807) is 12.3 Å². The average molecular weight is 160 g/mol. The second-order valence-corrected chi connectivity index (χ2v) is 2.51. The first kappa shape index (κ1) is 6.84. The molecule has 0 unspecified atom stereocenters. The molecule has 4 N–H and O–H groups in total. The van der Waals surface area contributed by atoms with Crippen molar-refractivity contribution in [2.45, 2.75) is 0 Å². The van der Waals surface area contributed by atoms with E-state index in [1.165, 1.54) is 0 Å². The Morgan fingerprint density at radius 3 is 2.92 bits per heavy atom. The molecule has 0 aliphatic heterocycles. The molecule has 2 aromatic heterocycles. The van der Waals surface area contributed by atoms with Crippen LogP contribution in [0.3, 0.4) is 0 Å². The summed E-state index contributed by atoms with van der Waals surface area (Å²) in [6.07, 6.45) is 1.66. The van der Waals surface area contributed by atoms with Gasteiger partial charge in [0.05, 0.1) is 0 Å². The SMILES string of the molecule is Nc1cc(N)c2cccnc2n1. The number of hydrogen-bond donors (Lipinski definition) is 2. The summed E-state index contributed by atoms with van der Waals surface area (Å²) in [5.74, 6) is 0.402. The molecule has 2 rings (SSSR count). The molecule has 0 radical (unpaired) electrons. The van der Waals surface area contributed by atoms with Crippen molar-refractivity contribution in [1.29, 1.82) is 0 Å². The van der Waals surface area contributed by atoms with E-state index in [-0.39, 0.29) is 0 Å². The van der Waals surface area contributed by atoms with Crippen molar-refractivity contribution in [3.8, 4) is 0 Å². The van der Waals surface area contributed by atoms with Gasteiger partial charge in [-0.2, -0.15) is 0 Å². The highest BCUT2D eigenvalue weighted by molar-refractivity contribution is 5.88. The molecule has 0 fully saturated rings. The maximum Gasteiger partial charge on any atom is 0.163 e. The van der Waals surface area contributed by atoms with Crippen molar-refractivity contribution in [3.05, 3.63) is 24.4 Å². The predicted octanol–water partition coefficient (Wildman–Crippen LogP) is 0.794. The van der Waals surface area contributed by atoms with E-state index in [0.717, 1.165) is 5.39 Å². The summed E-state index contributed by atoms with van der Waals surface area (Å²) in [6, 6.07) is 5.31. The molecule has 0 amide bonds. The number of hydrogen-bond acceptors (Lipinski definition) is 4. The number of rotatable bonds is 0. The van der Waals surface area contributed by atoms with Crippen molar-refractivity contribution < 1.29 is 0 Å². The average Bonchev–Trinajstić information content (AvgIpc) is 2.04. The standard InChI is InChI=1S/C8H8N4/c9-6-4-7(10)12-8-5(6)2-1-3-11-8/h1-4H,(H4,9,10,11,12). The zero-order valence-electron chi connectivity index (χ0n) is 6.36. The Balaban J connectivity index is 2.89. The van der Waals surface area contributed by atoms with E-state index in [4.69, 9.17) is 11.5 Å². The highest BCUT2D eigenvalue weighted by atomic mass is 14.9. The molecule has 12 heavy (non-hydrogen) atoms. The maximum atomic E-state index is 5.70.